The number of furan rings is 2. The van der Waals surface area contributed by atoms with E-state index in [4.69, 9.17) is 37.8 Å². The molecule has 0 saturated carbocycles. The van der Waals surface area contributed by atoms with Crippen LogP contribution in [-0.2, 0) is 0 Å². The largest absolute Gasteiger partial charge is 0.455 e. The third-order valence-corrected chi connectivity index (χ3v) is 6.02. The van der Waals surface area contributed by atoms with Gasteiger partial charge < -0.3 is 14.6 Å². The smallest absolute Gasteiger partial charge is 0.273 e. The second-order valence-corrected chi connectivity index (χ2v) is 8.73. The molecule has 3 aromatic heterocycles. The number of aromatic nitrogens is 3. The summed E-state index contributed by atoms with van der Waals surface area (Å²) in [6.45, 7) is 0. The minimum absolute atomic E-state index is 0.00795. The van der Waals surface area contributed by atoms with E-state index in [-0.39, 0.29) is 39.1 Å². The van der Waals surface area contributed by atoms with E-state index in [0.717, 1.165) is 4.68 Å². The monoisotopic (exact) mass is 580 g/mol. The van der Waals surface area contributed by atoms with Crippen LogP contribution in [0.2, 0.25) is 10.0 Å². The van der Waals surface area contributed by atoms with Gasteiger partial charge in [0.15, 0.2) is 0 Å². The van der Waals surface area contributed by atoms with Gasteiger partial charge in [-0.15, -0.1) is 10.2 Å². The van der Waals surface area contributed by atoms with Gasteiger partial charge in [-0.25, -0.2) is 4.99 Å². The number of nitro benzene ring substituents is 2. The fourth-order valence-corrected chi connectivity index (χ4v) is 3.90. The maximum Gasteiger partial charge on any atom is 0.273 e. The molecule has 0 aliphatic rings. The first kappa shape index (κ1) is 26.3. The lowest BCUT2D eigenvalue weighted by Crippen LogP contribution is -1.97. The maximum absolute atomic E-state index is 11.1. The molecular formula is C24H14Cl2N8O6. The molecule has 5 rings (SSSR count). The van der Waals surface area contributed by atoms with Gasteiger partial charge in [-0.2, -0.15) is 9.78 Å². The van der Waals surface area contributed by atoms with Gasteiger partial charge >= 0.3 is 0 Å². The van der Waals surface area contributed by atoms with Crippen LogP contribution >= 0.6 is 23.2 Å². The van der Waals surface area contributed by atoms with E-state index in [2.05, 4.69) is 20.3 Å². The van der Waals surface area contributed by atoms with E-state index in [1.165, 1.54) is 48.8 Å². The molecule has 0 radical (unpaired) electrons. The summed E-state index contributed by atoms with van der Waals surface area (Å²) in [5, 5.41) is 34.6. The first-order chi connectivity index (χ1) is 19.2. The topological polar surface area (TPSA) is 194 Å². The summed E-state index contributed by atoms with van der Waals surface area (Å²) in [6, 6.07) is 14.4. The lowest BCUT2D eigenvalue weighted by molar-refractivity contribution is -0.385. The Kier molecular flexibility index (Phi) is 7.09. The second-order valence-electron chi connectivity index (χ2n) is 7.92. The molecule has 0 fully saturated rings. The van der Waals surface area contributed by atoms with E-state index in [0.29, 0.717) is 28.4 Å². The predicted molar refractivity (Wildman–Crippen MR) is 146 cm³/mol. The molecule has 0 spiro atoms. The number of halogens is 2. The molecule has 40 heavy (non-hydrogen) atoms. The molecule has 2 aromatic carbocycles. The normalized spacial score (nSPS) is 11.6. The Hall–Kier alpha value is -5.34. The Balaban J connectivity index is 1.36. The summed E-state index contributed by atoms with van der Waals surface area (Å²) >= 11 is 12.4. The number of benzene rings is 2. The van der Waals surface area contributed by atoms with Gasteiger partial charge in [-0.3, -0.25) is 20.2 Å². The SMILES string of the molecule is Nc1nnc(N=Cc2ccc(-c3cc([N+](=O)[O-])ccc3Cl)o2)n1/N=C/c1ccc(-c2cc([N+](=O)[O-])ccc2Cl)o1. The van der Waals surface area contributed by atoms with E-state index < -0.39 is 9.85 Å². The molecule has 0 bridgehead atoms. The number of nitrogens with two attached hydrogens (primary N) is 1. The minimum atomic E-state index is -0.533. The van der Waals surface area contributed by atoms with Crippen LogP contribution in [0.3, 0.4) is 0 Å². The molecule has 0 saturated heterocycles. The van der Waals surface area contributed by atoms with Crippen LogP contribution in [0.15, 0.2) is 79.6 Å². The van der Waals surface area contributed by atoms with Crippen LogP contribution < -0.4 is 5.73 Å². The molecule has 2 N–H and O–H groups in total. The fourth-order valence-electron chi connectivity index (χ4n) is 3.48. The van der Waals surface area contributed by atoms with Gasteiger partial charge in [0.1, 0.15) is 23.0 Å². The third kappa shape index (κ3) is 5.43. The number of nitro groups is 2. The zero-order valence-electron chi connectivity index (χ0n) is 19.8. The number of hydrogen-bond donors (Lipinski definition) is 1. The maximum atomic E-state index is 11.1. The number of rotatable bonds is 8. The van der Waals surface area contributed by atoms with Crippen LogP contribution in [0.5, 0.6) is 0 Å². The third-order valence-electron chi connectivity index (χ3n) is 5.36. The Morgan fingerprint density at radius 3 is 1.85 bits per heavy atom. The van der Waals surface area contributed by atoms with Crippen molar-refractivity contribution >= 4 is 58.9 Å². The van der Waals surface area contributed by atoms with E-state index in [9.17, 15) is 20.2 Å². The highest BCUT2D eigenvalue weighted by molar-refractivity contribution is 6.33. The van der Waals surface area contributed by atoms with Crippen molar-refractivity contribution in [3.8, 4) is 22.6 Å². The van der Waals surface area contributed by atoms with Crippen molar-refractivity contribution in [2.45, 2.75) is 0 Å². The summed E-state index contributed by atoms with van der Waals surface area (Å²) < 4.78 is 12.6. The van der Waals surface area contributed by atoms with Gasteiger partial charge in [-0.1, -0.05) is 23.2 Å². The van der Waals surface area contributed by atoms with Crippen LogP contribution in [0.25, 0.3) is 22.6 Å². The first-order valence-electron chi connectivity index (χ1n) is 11.1. The summed E-state index contributed by atoms with van der Waals surface area (Å²) in [5.41, 5.74) is 6.28. The van der Waals surface area contributed by atoms with E-state index >= 15 is 0 Å². The van der Waals surface area contributed by atoms with Crippen molar-refractivity contribution in [1.82, 2.24) is 14.9 Å². The highest BCUT2D eigenvalue weighted by Gasteiger charge is 2.16. The summed E-state index contributed by atoms with van der Waals surface area (Å²) in [6.07, 6.45) is 2.66. The van der Waals surface area contributed by atoms with E-state index in [1.807, 2.05) is 0 Å². The van der Waals surface area contributed by atoms with Crippen LogP contribution in [0, 0.1) is 20.2 Å². The van der Waals surface area contributed by atoms with Crippen LogP contribution in [0.1, 0.15) is 11.5 Å². The average molecular weight is 581 g/mol. The molecule has 0 aliphatic carbocycles. The highest BCUT2D eigenvalue weighted by atomic mass is 35.5. The standard InChI is InChI=1S/C24H14Cl2N8O6/c25-19-5-1-13(33(35)36)9-17(19)21-7-3-15(39-21)11-28-24-31-30-23(27)32(24)29-12-16-4-8-22(40-16)18-10-14(34(37)38)2-6-20(18)26/h1-12H,(H2,27,30)/b28-11?,29-12+. The quantitative estimate of drug-likeness (QED) is 0.127. The number of hydrogen-bond acceptors (Lipinski definition) is 11. The van der Waals surface area contributed by atoms with Crippen molar-refractivity contribution < 1.29 is 18.7 Å². The number of aliphatic imine (C=N–C) groups is 1. The zero-order chi connectivity index (χ0) is 28.4. The Morgan fingerprint density at radius 1 is 0.800 bits per heavy atom. The number of nitrogens with zero attached hydrogens (tertiary/aromatic N) is 7. The number of non-ortho nitro benzene ring substituents is 2. The summed E-state index contributed by atoms with van der Waals surface area (Å²) in [5.74, 6) is 1.10. The van der Waals surface area contributed by atoms with Crippen molar-refractivity contribution in [2.75, 3.05) is 5.73 Å². The van der Waals surface area contributed by atoms with Crippen molar-refractivity contribution in [3.63, 3.8) is 0 Å². The molecule has 0 unspecified atom stereocenters. The lowest BCUT2D eigenvalue weighted by atomic mass is 10.1. The Labute approximate surface area is 233 Å². The summed E-state index contributed by atoms with van der Waals surface area (Å²) in [4.78, 5) is 25.3. The van der Waals surface area contributed by atoms with Gasteiger partial charge in [0.05, 0.1) is 32.3 Å². The Bertz CT molecular complexity index is 1820. The molecular weight excluding hydrogens is 567 g/mol. The first-order valence-corrected chi connectivity index (χ1v) is 11.8. The number of nitrogen functional groups attached to an aromatic ring is 1. The van der Waals surface area contributed by atoms with Crippen molar-refractivity contribution in [2.24, 2.45) is 10.1 Å². The van der Waals surface area contributed by atoms with E-state index in [1.54, 1.807) is 24.3 Å². The molecule has 0 amide bonds. The molecule has 0 atom stereocenters. The van der Waals surface area contributed by atoms with Crippen LogP contribution in [-0.4, -0.2) is 37.1 Å². The van der Waals surface area contributed by atoms with Gasteiger partial charge in [0.2, 0.25) is 5.95 Å². The summed E-state index contributed by atoms with van der Waals surface area (Å²) in [7, 11) is 0. The average Bonchev–Trinajstić information content (AvgIpc) is 3.67. The molecule has 200 valence electrons. The zero-order valence-corrected chi connectivity index (χ0v) is 21.4. The molecule has 16 heteroatoms. The fraction of sp³-hybridized carbons (Fsp3) is 0. The van der Waals surface area contributed by atoms with Gasteiger partial charge in [0.25, 0.3) is 17.3 Å². The molecule has 14 nitrogen and oxygen atoms in total. The van der Waals surface area contributed by atoms with Gasteiger partial charge in [0, 0.05) is 35.4 Å². The second kappa shape index (κ2) is 10.8. The number of anilines is 1. The molecule has 0 aliphatic heterocycles. The predicted octanol–water partition coefficient (Wildman–Crippen LogP) is 6.14. The Morgan fingerprint density at radius 2 is 1.32 bits per heavy atom. The highest BCUT2D eigenvalue weighted by Crippen LogP contribution is 2.33. The molecule has 3 heterocycles. The van der Waals surface area contributed by atoms with Crippen molar-refractivity contribution in [1.29, 1.82) is 0 Å². The van der Waals surface area contributed by atoms with Gasteiger partial charge in [-0.05, 0) is 36.4 Å². The molecule has 5 aromatic rings. The van der Waals surface area contributed by atoms with Crippen molar-refractivity contribution in [3.05, 3.63) is 102 Å². The lowest BCUT2D eigenvalue weighted by Gasteiger charge is -2.01. The van der Waals surface area contributed by atoms with Crippen LogP contribution in [0.4, 0.5) is 23.3 Å². The minimum Gasteiger partial charge on any atom is -0.455 e.